The molecule has 0 aliphatic carbocycles. The minimum atomic E-state index is -0.356. The van der Waals surface area contributed by atoms with Gasteiger partial charge in [0.15, 0.2) is 0 Å². The third-order valence-corrected chi connectivity index (χ3v) is 3.98. The number of aryl methyl sites for hydroxylation is 1. The largest absolute Gasteiger partial charge is 0.383 e. The summed E-state index contributed by atoms with van der Waals surface area (Å²) in [5, 5.41) is 4.62. The van der Waals surface area contributed by atoms with Gasteiger partial charge in [0.1, 0.15) is 18.0 Å². The second kappa shape index (κ2) is 7.11. The van der Waals surface area contributed by atoms with Crippen LogP contribution in [0, 0.1) is 12.7 Å². The van der Waals surface area contributed by atoms with Crippen molar-refractivity contribution in [3.05, 3.63) is 52.7 Å². The number of ether oxygens (including phenoxy) is 1. The Morgan fingerprint density at radius 1 is 1.33 bits per heavy atom. The smallest absolute Gasteiger partial charge is 0.254 e. The van der Waals surface area contributed by atoms with E-state index in [-0.39, 0.29) is 5.82 Å². The van der Waals surface area contributed by atoms with Crippen molar-refractivity contribution in [1.29, 1.82) is 0 Å². The third kappa shape index (κ3) is 3.47. The fraction of sp³-hybridized carbons (Fsp3) is 0.312. The number of halogens is 2. The van der Waals surface area contributed by atoms with E-state index in [4.69, 9.17) is 16.3 Å². The standard InChI is InChI=1S/C16H17ClFN5O/c1-11-7-15(23-16(21-11)19-10-20-23)22(5-6-24-2)9-12-3-4-13(18)8-14(12)17/h3-4,7-8,10H,5-6,9H2,1-2H3. The highest BCUT2D eigenvalue weighted by atomic mass is 35.5. The predicted octanol–water partition coefficient (Wildman–Crippen LogP) is 2.88. The Hall–Kier alpha value is -2.25. The van der Waals surface area contributed by atoms with Gasteiger partial charge >= 0.3 is 0 Å². The molecule has 6 nitrogen and oxygen atoms in total. The molecule has 0 radical (unpaired) electrons. The van der Waals surface area contributed by atoms with Gasteiger partial charge in [-0.3, -0.25) is 0 Å². The molecule has 0 unspecified atom stereocenters. The SMILES string of the molecule is COCCN(Cc1ccc(F)cc1Cl)c1cc(C)nc2ncnn12. The van der Waals surface area contributed by atoms with E-state index in [9.17, 15) is 4.39 Å². The Morgan fingerprint density at radius 2 is 2.17 bits per heavy atom. The number of nitrogens with zero attached hydrogens (tertiary/aromatic N) is 5. The second-order valence-corrected chi connectivity index (χ2v) is 5.78. The van der Waals surface area contributed by atoms with Crippen molar-refractivity contribution >= 4 is 23.2 Å². The molecule has 0 spiro atoms. The van der Waals surface area contributed by atoms with Crippen molar-refractivity contribution in [1.82, 2.24) is 19.6 Å². The summed E-state index contributed by atoms with van der Waals surface area (Å²) in [5.41, 5.74) is 1.65. The van der Waals surface area contributed by atoms with Crippen LogP contribution in [0.2, 0.25) is 5.02 Å². The maximum atomic E-state index is 13.3. The molecule has 0 amide bonds. The molecular formula is C16H17ClFN5O. The Kier molecular flexibility index (Phi) is 4.92. The van der Waals surface area contributed by atoms with Crippen LogP contribution in [0.25, 0.3) is 5.78 Å². The van der Waals surface area contributed by atoms with Crippen LogP contribution in [0.4, 0.5) is 10.2 Å². The molecule has 0 N–H and O–H groups in total. The van der Waals surface area contributed by atoms with E-state index in [2.05, 4.69) is 20.0 Å². The molecule has 2 heterocycles. The van der Waals surface area contributed by atoms with Crippen molar-refractivity contribution in [3.63, 3.8) is 0 Å². The molecule has 0 aliphatic heterocycles. The third-order valence-electron chi connectivity index (χ3n) is 3.63. The van der Waals surface area contributed by atoms with Crippen molar-refractivity contribution in [2.45, 2.75) is 13.5 Å². The molecule has 126 valence electrons. The van der Waals surface area contributed by atoms with Crippen LogP contribution in [0.15, 0.2) is 30.6 Å². The van der Waals surface area contributed by atoms with Crippen LogP contribution >= 0.6 is 11.6 Å². The monoisotopic (exact) mass is 349 g/mol. The van der Waals surface area contributed by atoms with Gasteiger partial charge in [-0.15, -0.1) is 0 Å². The number of fused-ring (bicyclic) bond motifs is 1. The van der Waals surface area contributed by atoms with Gasteiger partial charge in [-0.05, 0) is 24.6 Å². The molecule has 0 aliphatic rings. The Morgan fingerprint density at radius 3 is 2.92 bits per heavy atom. The topological polar surface area (TPSA) is 55.5 Å². The first-order chi connectivity index (χ1) is 11.6. The van der Waals surface area contributed by atoms with Crippen LogP contribution in [-0.2, 0) is 11.3 Å². The van der Waals surface area contributed by atoms with Gasteiger partial charge in [-0.1, -0.05) is 17.7 Å². The van der Waals surface area contributed by atoms with Gasteiger partial charge in [0, 0.05) is 37.0 Å². The summed E-state index contributed by atoms with van der Waals surface area (Å²) in [4.78, 5) is 10.6. The maximum Gasteiger partial charge on any atom is 0.254 e. The summed E-state index contributed by atoms with van der Waals surface area (Å²) in [5.74, 6) is 0.996. The highest BCUT2D eigenvalue weighted by Crippen LogP contribution is 2.23. The van der Waals surface area contributed by atoms with E-state index in [0.29, 0.717) is 30.5 Å². The second-order valence-electron chi connectivity index (χ2n) is 5.38. The van der Waals surface area contributed by atoms with E-state index >= 15 is 0 Å². The molecule has 0 saturated carbocycles. The number of anilines is 1. The predicted molar refractivity (Wildman–Crippen MR) is 89.9 cm³/mol. The normalized spacial score (nSPS) is 11.2. The summed E-state index contributed by atoms with van der Waals surface area (Å²) in [6.07, 6.45) is 1.46. The first-order valence-electron chi connectivity index (χ1n) is 7.43. The summed E-state index contributed by atoms with van der Waals surface area (Å²) in [6, 6.07) is 6.33. The van der Waals surface area contributed by atoms with Gasteiger partial charge in [-0.2, -0.15) is 14.6 Å². The zero-order valence-electron chi connectivity index (χ0n) is 13.4. The lowest BCUT2D eigenvalue weighted by atomic mass is 10.2. The van der Waals surface area contributed by atoms with Crippen LogP contribution in [0.1, 0.15) is 11.3 Å². The van der Waals surface area contributed by atoms with Crippen molar-refractivity contribution in [3.8, 4) is 0 Å². The van der Waals surface area contributed by atoms with E-state index in [0.717, 1.165) is 17.1 Å². The Labute approximate surface area is 143 Å². The summed E-state index contributed by atoms with van der Waals surface area (Å²) in [7, 11) is 1.64. The van der Waals surface area contributed by atoms with Gasteiger partial charge < -0.3 is 9.64 Å². The molecule has 0 saturated heterocycles. The summed E-state index contributed by atoms with van der Waals surface area (Å²) < 4.78 is 20.2. The lowest BCUT2D eigenvalue weighted by molar-refractivity contribution is 0.204. The fourth-order valence-corrected chi connectivity index (χ4v) is 2.70. The molecule has 1 aromatic carbocycles. The van der Waals surface area contributed by atoms with E-state index in [1.165, 1.54) is 18.5 Å². The number of benzene rings is 1. The molecule has 3 rings (SSSR count). The minimum absolute atomic E-state index is 0.356. The summed E-state index contributed by atoms with van der Waals surface area (Å²) >= 11 is 6.18. The van der Waals surface area contributed by atoms with Crippen LogP contribution in [0.5, 0.6) is 0 Å². The van der Waals surface area contributed by atoms with E-state index < -0.39 is 0 Å². The Bertz CT molecular complexity index is 854. The average Bonchev–Trinajstić information content (AvgIpc) is 3.01. The van der Waals surface area contributed by atoms with Crippen LogP contribution in [0.3, 0.4) is 0 Å². The van der Waals surface area contributed by atoms with E-state index in [1.807, 2.05) is 13.0 Å². The molecule has 3 aromatic rings. The lowest BCUT2D eigenvalue weighted by Gasteiger charge is -2.25. The molecular weight excluding hydrogens is 333 g/mol. The lowest BCUT2D eigenvalue weighted by Crippen LogP contribution is -2.29. The van der Waals surface area contributed by atoms with Gasteiger partial charge in [0.25, 0.3) is 5.78 Å². The van der Waals surface area contributed by atoms with Gasteiger partial charge in [0.05, 0.1) is 6.61 Å². The zero-order chi connectivity index (χ0) is 17.1. The number of methoxy groups -OCH3 is 1. The molecule has 0 bridgehead atoms. The minimum Gasteiger partial charge on any atom is -0.383 e. The molecule has 2 aromatic heterocycles. The van der Waals surface area contributed by atoms with Crippen LogP contribution in [-0.4, -0.2) is 39.8 Å². The number of hydrogen-bond acceptors (Lipinski definition) is 5. The van der Waals surface area contributed by atoms with Crippen LogP contribution < -0.4 is 4.90 Å². The first-order valence-corrected chi connectivity index (χ1v) is 7.81. The van der Waals surface area contributed by atoms with E-state index in [1.54, 1.807) is 17.7 Å². The number of hydrogen-bond donors (Lipinski definition) is 0. The summed E-state index contributed by atoms with van der Waals surface area (Å²) in [6.45, 7) is 3.53. The molecule has 0 fully saturated rings. The highest BCUT2D eigenvalue weighted by molar-refractivity contribution is 6.31. The van der Waals surface area contributed by atoms with Crippen molar-refractivity contribution < 1.29 is 9.13 Å². The first kappa shape index (κ1) is 16.6. The van der Waals surface area contributed by atoms with Gasteiger partial charge in [0.2, 0.25) is 0 Å². The quantitative estimate of drug-likeness (QED) is 0.685. The molecule has 8 heteroatoms. The molecule has 24 heavy (non-hydrogen) atoms. The highest BCUT2D eigenvalue weighted by Gasteiger charge is 2.15. The Balaban J connectivity index is 2.00. The zero-order valence-corrected chi connectivity index (χ0v) is 14.2. The number of aromatic nitrogens is 4. The average molecular weight is 350 g/mol. The van der Waals surface area contributed by atoms with Crippen molar-refractivity contribution in [2.75, 3.05) is 25.2 Å². The van der Waals surface area contributed by atoms with Crippen molar-refractivity contribution in [2.24, 2.45) is 0 Å². The van der Waals surface area contributed by atoms with Gasteiger partial charge in [-0.25, -0.2) is 9.37 Å². The maximum absolute atomic E-state index is 13.3. The number of rotatable bonds is 6. The molecule has 0 atom stereocenters. The fourth-order valence-electron chi connectivity index (χ4n) is 2.47.